The first-order valence-electron chi connectivity index (χ1n) is 7.54. The van der Waals surface area contributed by atoms with Crippen molar-refractivity contribution in [2.45, 2.75) is 19.3 Å². The summed E-state index contributed by atoms with van der Waals surface area (Å²) < 4.78 is 5.58. The number of guanidine groups is 1. The fraction of sp³-hybridized carbons (Fsp3) is 0.562. The molecular formula is C16H24ClN3O. The van der Waals surface area contributed by atoms with Crippen LogP contribution < -0.4 is 10.6 Å². The number of ether oxygens (including phenoxy) is 1. The van der Waals surface area contributed by atoms with E-state index >= 15 is 0 Å². The Bertz CT molecular complexity index is 443. The molecule has 0 saturated heterocycles. The van der Waals surface area contributed by atoms with Crippen LogP contribution in [0.2, 0.25) is 5.02 Å². The number of rotatable bonds is 8. The Morgan fingerprint density at radius 3 is 2.62 bits per heavy atom. The average molecular weight is 310 g/mol. The zero-order valence-electron chi connectivity index (χ0n) is 12.6. The van der Waals surface area contributed by atoms with Crippen LogP contribution in [0.4, 0.5) is 0 Å². The first kappa shape index (κ1) is 16.1. The number of hydrogen-bond acceptors (Lipinski definition) is 2. The Kier molecular flexibility index (Phi) is 6.83. The van der Waals surface area contributed by atoms with Crippen LogP contribution in [0.1, 0.15) is 18.4 Å². The topological polar surface area (TPSA) is 45.7 Å². The van der Waals surface area contributed by atoms with Gasteiger partial charge in [-0.25, -0.2) is 0 Å². The first-order chi connectivity index (χ1) is 10.3. The summed E-state index contributed by atoms with van der Waals surface area (Å²) in [6.45, 7) is 3.26. The summed E-state index contributed by atoms with van der Waals surface area (Å²) in [6.07, 6.45) is 3.61. The minimum atomic E-state index is 0.731. The van der Waals surface area contributed by atoms with E-state index in [1.165, 1.54) is 18.4 Å². The van der Waals surface area contributed by atoms with E-state index in [1.807, 2.05) is 24.3 Å². The molecule has 4 nitrogen and oxygen atoms in total. The summed E-state index contributed by atoms with van der Waals surface area (Å²) >= 11 is 5.87. The van der Waals surface area contributed by atoms with Crippen LogP contribution in [0.3, 0.4) is 0 Å². The van der Waals surface area contributed by atoms with Gasteiger partial charge in [0.2, 0.25) is 0 Å². The van der Waals surface area contributed by atoms with E-state index in [4.69, 9.17) is 16.3 Å². The molecule has 0 atom stereocenters. The highest BCUT2D eigenvalue weighted by molar-refractivity contribution is 6.30. The molecular weight excluding hydrogens is 286 g/mol. The SMILES string of the molecule is CN=C(NCCOCC1CC1)NCCc1ccc(Cl)cc1. The molecule has 2 rings (SSSR count). The van der Waals surface area contributed by atoms with Crippen molar-refractivity contribution in [1.82, 2.24) is 10.6 Å². The summed E-state index contributed by atoms with van der Waals surface area (Å²) in [5.41, 5.74) is 1.26. The standard InChI is InChI=1S/C16H24ClN3O/c1-18-16(20-10-11-21-12-14-2-3-14)19-9-8-13-4-6-15(17)7-5-13/h4-7,14H,2-3,8-12H2,1H3,(H2,18,19,20). The molecule has 0 heterocycles. The Morgan fingerprint density at radius 2 is 1.95 bits per heavy atom. The Hall–Kier alpha value is -1.26. The van der Waals surface area contributed by atoms with Crippen LogP contribution >= 0.6 is 11.6 Å². The van der Waals surface area contributed by atoms with E-state index in [1.54, 1.807) is 7.05 Å². The Balaban J connectivity index is 1.55. The molecule has 1 aromatic rings. The molecule has 0 unspecified atom stereocenters. The lowest BCUT2D eigenvalue weighted by Gasteiger charge is -2.12. The van der Waals surface area contributed by atoms with E-state index in [0.29, 0.717) is 0 Å². The number of aliphatic imine (C=N–C) groups is 1. The summed E-state index contributed by atoms with van der Waals surface area (Å²) in [5, 5.41) is 7.32. The summed E-state index contributed by atoms with van der Waals surface area (Å²) in [5.74, 6) is 1.64. The molecule has 0 amide bonds. The van der Waals surface area contributed by atoms with E-state index in [-0.39, 0.29) is 0 Å². The summed E-state index contributed by atoms with van der Waals surface area (Å²) in [4.78, 5) is 4.20. The third-order valence-electron chi connectivity index (χ3n) is 3.43. The van der Waals surface area contributed by atoms with Gasteiger partial charge in [-0.15, -0.1) is 0 Å². The molecule has 0 aromatic heterocycles. The van der Waals surface area contributed by atoms with Gasteiger partial charge in [-0.2, -0.15) is 0 Å². The number of nitrogens with zero attached hydrogens (tertiary/aromatic N) is 1. The lowest BCUT2D eigenvalue weighted by Crippen LogP contribution is -2.39. The minimum absolute atomic E-state index is 0.731. The van der Waals surface area contributed by atoms with E-state index in [0.717, 1.165) is 49.6 Å². The van der Waals surface area contributed by atoms with Crippen LogP contribution in [0.5, 0.6) is 0 Å². The lowest BCUT2D eigenvalue weighted by molar-refractivity contribution is 0.129. The van der Waals surface area contributed by atoms with Gasteiger partial charge >= 0.3 is 0 Å². The van der Waals surface area contributed by atoms with E-state index in [2.05, 4.69) is 15.6 Å². The van der Waals surface area contributed by atoms with Crippen molar-refractivity contribution in [2.24, 2.45) is 10.9 Å². The van der Waals surface area contributed by atoms with Crippen LogP contribution in [0.25, 0.3) is 0 Å². The molecule has 116 valence electrons. The van der Waals surface area contributed by atoms with Crippen molar-refractivity contribution in [3.05, 3.63) is 34.9 Å². The molecule has 5 heteroatoms. The van der Waals surface area contributed by atoms with Gasteiger partial charge in [0, 0.05) is 31.8 Å². The molecule has 0 bridgehead atoms. The maximum absolute atomic E-state index is 5.87. The van der Waals surface area contributed by atoms with Gasteiger partial charge in [-0.1, -0.05) is 23.7 Å². The van der Waals surface area contributed by atoms with Crippen molar-refractivity contribution < 1.29 is 4.74 Å². The molecule has 0 spiro atoms. The first-order valence-corrected chi connectivity index (χ1v) is 7.92. The number of halogens is 1. The molecule has 1 fully saturated rings. The van der Waals surface area contributed by atoms with Crippen molar-refractivity contribution in [1.29, 1.82) is 0 Å². The zero-order chi connectivity index (χ0) is 14.9. The minimum Gasteiger partial charge on any atom is -0.379 e. The molecule has 0 radical (unpaired) electrons. The van der Waals surface area contributed by atoms with Crippen molar-refractivity contribution in [2.75, 3.05) is 33.4 Å². The maximum atomic E-state index is 5.87. The van der Waals surface area contributed by atoms with Crippen molar-refractivity contribution in [3.63, 3.8) is 0 Å². The predicted molar refractivity (Wildman–Crippen MR) is 88.1 cm³/mol. The fourth-order valence-corrected chi connectivity index (χ4v) is 2.10. The van der Waals surface area contributed by atoms with Gasteiger partial charge in [-0.05, 0) is 42.9 Å². The fourth-order valence-electron chi connectivity index (χ4n) is 1.97. The average Bonchev–Trinajstić information content (AvgIpc) is 3.31. The highest BCUT2D eigenvalue weighted by Crippen LogP contribution is 2.28. The van der Waals surface area contributed by atoms with Crippen molar-refractivity contribution >= 4 is 17.6 Å². The smallest absolute Gasteiger partial charge is 0.191 e. The second-order valence-corrected chi connectivity index (χ2v) is 5.76. The molecule has 1 aliphatic rings. The quantitative estimate of drug-likeness (QED) is 0.440. The highest BCUT2D eigenvalue weighted by Gasteiger charge is 2.20. The van der Waals surface area contributed by atoms with Crippen LogP contribution in [-0.4, -0.2) is 39.3 Å². The van der Waals surface area contributed by atoms with Crippen LogP contribution in [-0.2, 0) is 11.2 Å². The molecule has 1 aromatic carbocycles. The Morgan fingerprint density at radius 1 is 1.24 bits per heavy atom. The van der Waals surface area contributed by atoms with E-state index < -0.39 is 0 Å². The van der Waals surface area contributed by atoms with Gasteiger partial charge < -0.3 is 15.4 Å². The van der Waals surface area contributed by atoms with E-state index in [9.17, 15) is 0 Å². The molecule has 2 N–H and O–H groups in total. The lowest BCUT2D eigenvalue weighted by atomic mass is 10.1. The summed E-state index contributed by atoms with van der Waals surface area (Å²) in [7, 11) is 1.78. The second-order valence-electron chi connectivity index (χ2n) is 5.32. The van der Waals surface area contributed by atoms with Crippen LogP contribution in [0, 0.1) is 5.92 Å². The van der Waals surface area contributed by atoms with Crippen molar-refractivity contribution in [3.8, 4) is 0 Å². The third-order valence-corrected chi connectivity index (χ3v) is 3.68. The molecule has 21 heavy (non-hydrogen) atoms. The number of benzene rings is 1. The maximum Gasteiger partial charge on any atom is 0.191 e. The zero-order valence-corrected chi connectivity index (χ0v) is 13.3. The largest absolute Gasteiger partial charge is 0.379 e. The third kappa shape index (κ3) is 6.82. The summed E-state index contributed by atoms with van der Waals surface area (Å²) in [6, 6.07) is 7.93. The number of hydrogen-bond donors (Lipinski definition) is 2. The monoisotopic (exact) mass is 309 g/mol. The predicted octanol–water partition coefficient (Wildman–Crippen LogP) is 2.47. The second kappa shape index (κ2) is 8.90. The highest BCUT2D eigenvalue weighted by atomic mass is 35.5. The Labute approximate surface area is 131 Å². The molecule has 0 aliphatic heterocycles. The van der Waals surface area contributed by atoms with Crippen LogP contribution in [0.15, 0.2) is 29.3 Å². The number of nitrogens with one attached hydrogen (secondary N) is 2. The van der Waals surface area contributed by atoms with Gasteiger partial charge in [-0.3, -0.25) is 4.99 Å². The van der Waals surface area contributed by atoms with Gasteiger partial charge in [0.15, 0.2) is 5.96 Å². The molecule has 1 aliphatic carbocycles. The van der Waals surface area contributed by atoms with Gasteiger partial charge in [0.05, 0.1) is 6.61 Å². The van der Waals surface area contributed by atoms with Gasteiger partial charge in [0.1, 0.15) is 0 Å². The molecule has 1 saturated carbocycles. The normalized spacial score (nSPS) is 15.0. The van der Waals surface area contributed by atoms with Gasteiger partial charge in [0.25, 0.3) is 0 Å².